The van der Waals surface area contributed by atoms with Gasteiger partial charge in [-0.25, -0.2) is 0 Å². The molecular weight excluding hydrogens is 265 g/mol. The molecule has 0 spiro atoms. The van der Waals surface area contributed by atoms with E-state index in [9.17, 15) is 18.0 Å². The van der Waals surface area contributed by atoms with E-state index in [1.54, 1.807) is 6.92 Å². The number of hydrogen-bond acceptors (Lipinski definition) is 1. The molecule has 20 heavy (non-hydrogen) atoms. The van der Waals surface area contributed by atoms with Crippen LogP contribution in [0.4, 0.5) is 13.2 Å². The number of alkyl halides is 3. The Hall–Kier alpha value is -1.32. The predicted octanol–water partition coefficient (Wildman–Crippen LogP) is 5.17. The van der Waals surface area contributed by atoms with Crippen LogP contribution in [0.15, 0.2) is 18.2 Å². The topological polar surface area (TPSA) is 17.1 Å². The summed E-state index contributed by atoms with van der Waals surface area (Å²) in [6.07, 6.45) is 1.78. The molecule has 1 aromatic rings. The van der Waals surface area contributed by atoms with Gasteiger partial charge in [-0.2, -0.15) is 13.2 Å². The second-order valence-electron chi connectivity index (χ2n) is 5.64. The van der Waals surface area contributed by atoms with E-state index in [0.717, 1.165) is 18.6 Å². The molecule has 2 rings (SSSR count). The molecule has 0 aliphatic heterocycles. The first kappa shape index (κ1) is 15.1. The number of halogens is 3. The first-order chi connectivity index (χ1) is 9.38. The fourth-order valence-corrected chi connectivity index (χ4v) is 2.92. The third-order valence-electron chi connectivity index (χ3n) is 4.11. The zero-order valence-electron chi connectivity index (χ0n) is 11.6. The summed E-state index contributed by atoms with van der Waals surface area (Å²) in [5, 5.41) is 0. The van der Waals surface area contributed by atoms with Gasteiger partial charge in [-0.05, 0) is 37.0 Å². The molecule has 4 heteroatoms. The van der Waals surface area contributed by atoms with Gasteiger partial charge in [-0.15, -0.1) is 0 Å². The van der Waals surface area contributed by atoms with Gasteiger partial charge in [0.25, 0.3) is 0 Å². The average Bonchev–Trinajstić information content (AvgIpc) is 2.87. The number of hydrogen-bond donors (Lipinski definition) is 0. The fraction of sp³-hybridized carbons (Fsp3) is 0.562. The van der Waals surface area contributed by atoms with Crippen molar-refractivity contribution in [2.45, 2.75) is 51.6 Å². The molecule has 1 aliphatic rings. The maximum absolute atomic E-state index is 12.6. The Kier molecular flexibility index (Phi) is 4.51. The van der Waals surface area contributed by atoms with Gasteiger partial charge in [0, 0.05) is 12.0 Å². The zero-order valence-corrected chi connectivity index (χ0v) is 11.6. The van der Waals surface area contributed by atoms with Crippen molar-refractivity contribution in [3.63, 3.8) is 0 Å². The first-order valence-electron chi connectivity index (χ1n) is 7.09. The molecule has 0 aromatic heterocycles. The minimum Gasteiger partial charge on any atom is -0.294 e. The summed E-state index contributed by atoms with van der Waals surface area (Å²) in [5.74, 6) is 0.580. The van der Waals surface area contributed by atoms with Crippen molar-refractivity contribution >= 4 is 5.78 Å². The first-order valence-corrected chi connectivity index (χ1v) is 7.09. The maximum atomic E-state index is 12.6. The maximum Gasteiger partial charge on any atom is 0.416 e. The highest BCUT2D eigenvalue weighted by atomic mass is 19.4. The van der Waals surface area contributed by atoms with Gasteiger partial charge < -0.3 is 0 Å². The standard InChI is InChI=1S/C16H19F3O/c1-11-10-13(16(17,18)19)7-8-14(11)15(20)9-6-12-4-2-3-5-12/h7-8,10,12H,2-6,9H2,1H3. The van der Waals surface area contributed by atoms with Gasteiger partial charge in [0.15, 0.2) is 5.78 Å². The monoisotopic (exact) mass is 284 g/mol. The van der Waals surface area contributed by atoms with Crippen LogP contribution in [0, 0.1) is 12.8 Å². The van der Waals surface area contributed by atoms with Crippen LogP contribution < -0.4 is 0 Å². The van der Waals surface area contributed by atoms with E-state index in [-0.39, 0.29) is 5.78 Å². The van der Waals surface area contributed by atoms with Crippen molar-refractivity contribution in [1.82, 2.24) is 0 Å². The summed E-state index contributed by atoms with van der Waals surface area (Å²) < 4.78 is 37.7. The highest BCUT2D eigenvalue weighted by Gasteiger charge is 2.31. The van der Waals surface area contributed by atoms with Crippen molar-refractivity contribution in [2.24, 2.45) is 5.92 Å². The zero-order chi connectivity index (χ0) is 14.8. The summed E-state index contributed by atoms with van der Waals surface area (Å²) in [5.41, 5.74) is 0.148. The van der Waals surface area contributed by atoms with Gasteiger partial charge in [0.1, 0.15) is 0 Å². The quantitative estimate of drug-likeness (QED) is 0.697. The SMILES string of the molecule is Cc1cc(C(F)(F)F)ccc1C(=O)CCC1CCCC1. The Labute approximate surface area is 117 Å². The molecule has 1 aliphatic carbocycles. The largest absolute Gasteiger partial charge is 0.416 e. The van der Waals surface area contributed by atoms with Crippen molar-refractivity contribution in [1.29, 1.82) is 0 Å². The van der Waals surface area contributed by atoms with Gasteiger partial charge in [0.2, 0.25) is 0 Å². The molecule has 110 valence electrons. The molecule has 1 nitrogen and oxygen atoms in total. The average molecular weight is 284 g/mol. The van der Waals surface area contributed by atoms with Crippen LogP contribution in [-0.2, 0) is 6.18 Å². The molecule has 1 saturated carbocycles. The number of carbonyl (C=O) groups is 1. The van der Waals surface area contributed by atoms with Crippen molar-refractivity contribution < 1.29 is 18.0 Å². The Balaban J connectivity index is 2.02. The van der Waals surface area contributed by atoms with E-state index >= 15 is 0 Å². The summed E-state index contributed by atoms with van der Waals surface area (Å²) in [6.45, 7) is 1.57. The van der Waals surface area contributed by atoms with Crippen LogP contribution in [0.3, 0.4) is 0 Å². The van der Waals surface area contributed by atoms with Gasteiger partial charge in [-0.3, -0.25) is 4.79 Å². The minimum atomic E-state index is -4.35. The van der Waals surface area contributed by atoms with Gasteiger partial charge in [-0.1, -0.05) is 31.7 Å². The molecule has 0 radical (unpaired) electrons. The highest BCUT2D eigenvalue weighted by molar-refractivity contribution is 5.97. The molecule has 0 N–H and O–H groups in total. The third kappa shape index (κ3) is 3.62. The third-order valence-corrected chi connectivity index (χ3v) is 4.11. The van der Waals surface area contributed by atoms with E-state index in [2.05, 4.69) is 0 Å². The van der Waals surface area contributed by atoms with E-state index in [0.29, 0.717) is 23.5 Å². The molecular formula is C16H19F3O. The van der Waals surface area contributed by atoms with E-state index in [1.165, 1.54) is 31.7 Å². The number of Topliss-reactive ketones (excluding diaryl/α,β-unsaturated/α-hetero) is 1. The summed E-state index contributed by atoms with van der Waals surface area (Å²) in [7, 11) is 0. The number of rotatable bonds is 4. The smallest absolute Gasteiger partial charge is 0.294 e. The molecule has 0 saturated heterocycles. The molecule has 0 heterocycles. The van der Waals surface area contributed by atoms with Crippen LogP contribution in [0.2, 0.25) is 0 Å². The molecule has 0 amide bonds. The lowest BCUT2D eigenvalue weighted by Crippen LogP contribution is -2.09. The Bertz CT molecular complexity index is 485. The van der Waals surface area contributed by atoms with Crippen molar-refractivity contribution in [3.8, 4) is 0 Å². The second kappa shape index (κ2) is 5.98. The number of benzene rings is 1. The van der Waals surface area contributed by atoms with Gasteiger partial charge >= 0.3 is 6.18 Å². The lowest BCUT2D eigenvalue weighted by atomic mass is 9.94. The fourth-order valence-electron chi connectivity index (χ4n) is 2.92. The van der Waals surface area contributed by atoms with E-state index < -0.39 is 11.7 Å². The Morgan fingerprint density at radius 3 is 2.45 bits per heavy atom. The molecule has 1 aromatic carbocycles. The minimum absolute atomic E-state index is 0.0388. The summed E-state index contributed by atoms with van der Waals surface area (Å²) in [6, 6.07) is 3.37. The highest BCUT2D eigenvalue weighted by Crippen LogP contribution is 2.32. The Morgan fingerprint density at radius 2 is 1.90 bits per heavy atom. The second-order valence-corrected chi connectivity index (χ2v) is 5.64. The van der Waals surface area contributed by atoms with Crippen molar-refractivity contribution in [3.05, 3.63) is 34.9 Å². The lowest BCUT2D eigenvalue weighted by molar-refractivity contribution is -0.137. The molecule has 0 unspecified atom stereocenters. The number of carbonyl (C=O) groups excluding carboxylic acids is 1. The summed E-state index contributed by atoms with van der Waals surface area (Å²) in [4.78, 5) is 12.1. The predicted molar refractivity (Wildman–Crippen MR) is 71.7 cm³/mol. The van der Waals surface area contributed by atoms with Gasteiger partial charge in [0.05, 0.1) is 5.56 Å². The normalized spacial score (nSPS) is 16.6. The van der Waals surface area contributed by atoms with Crippen LogP contribution in [-0.4, -0.2) is 5.78 Å². The van der Waals surface area contributed by atoms with Crippen LogP contribution in [0.25, 0.3) is 0 Å². The summed E-state index contributed by atoms with van der Waals surface area (Å²) >= 11 is 0. The van der Waals surface area contributed by atoms with Crippen LogP contribution >= 0.6 is 0 Å². The molecule has 0 atom stereocenters. The molecule has 1 fully saturated rings. The molecule has 0 bridgehead atoms. The van der Waals surface area contributed by atoms with Crippen LogP contribution in [0.5, 0.6) is 0 Å². The Morgan fingerprint density at radius 1 is 1.25 bits per heavy atom. The number of aryl methyl sites for hydroxylation is 1. The van der Waals surface area contributed by atoms with Crippen LogP contribution in [0.1, 0.15) is 60.0 Å². The lowest BCUT2D eigenvalue weighted by Gasteiger charge is -2.12. The number of ketones is 1. The van der Waals surface area contributed by atoms with E-state index in [1.807, 2.05) is 0 Å². The van der Waals surface area contributed by atoms with E-state index in [4.69, 9.17) is 0 Å². The van der Waals surface area contributed by atoms with Crippen molar-refractivity contribution in [2.75, 3.05) is 0 Å².